The quantitative estimate of drug-likeness (QED) is 0.589. The van der Waals surface area contributed by atoms with Crippen molar-refractivity contribution in [1.82, 2.24) is 5.43 Å². The van der Waals surface area contributed by atoms with Crippen molar-refractivity contribution >= 4 is 23.4 Å². The third-order valence-electron chi connectivity index (χ3n) is 5.38. The maximum atomic E-state index is 12.3. The van der Waals surface area contributed by atoms with E-state index >= 15 is 0 Å². The lowest BCUT2D eigenvalue weighted by molar-refractivity contribution is 0.0955. The molecular formula is C24H29N3O2. The Morgan fingerprint density at radius 1 is 1.24 bits per heavy atom. The van der Waals surface area contributed by atoms with Crippen LogP contribution in [0, 0.1) is 6.92 Å². The van der Waals surface area contributed by atoms with Crippen LogP contribution in [0.5, 0.6) is 5.75 Å². The number of hydrogen-bond donors (Lipinski definition) is 1. The fourth-order valence-electron chi connectivity index (χ4n) is 3.95. The van der Waals surface area contributed by atoms with E-state index in [9.17, 15) is 4.79 Å². The van der Waals surface area contributed by atoms with E-state index in [1.54, 1.807) is 37.6 Å². The molecule has 2 aromatic carbocycles. The minimum absolute atomic E-state index is 0.0153. The summed E-state index contributed by atoms with van der Waals surface area (Å²) in [6.07, 6.45) is 4.01. The van der Waals surface area contributed by atoms with Gasteiger partial charge in [-0.05, 0) is 81.7 Å². The van der Waals surface area contributed by atoms with Gasteiger partial charge in [-0.1, -0.05) is 12.1 Å². The first-order valence-electron chi connectivity index (χ1n) is 9.86. The van der Waals surface area contributed by atoms with Gasteiger partial charge in [0.05, 0.1) is 18.9 Å². The number of ether oxygens (including phenoxy) is 1. The first-order valence-corrected chi connectivity index (χ1v) is 9.86. The highest BCUT2D eigenvalue weighted by molar-refractivity contribution is 5.95. The molecule has 29 heavy (non-hydrogen) atoms. The van der Waals surface area contributed by atoms with Crippen molar-refractivity contribution in [3.8, 4) is 5.75 Å². The standard InChI is InChI=1S/C24H29N3O2/c1-7-27-22-11-16(2)19(13-21(22)17(3)14-24(27,4)5)15-25-26-23(28)18-9-8-10-20(12-18)29-6/h8-15H,7H2,1-6H3,(H,26,28)/b25-15+. The second-order valence-electron chi connectivity index (χ2n) is 7.88. The minimum atomic E-state index is -0.272. The molecule has 1 amide bonds. The lowest BCUT2D eigenvalue weighted by Gasteiger charge is -2.43. The number of benzene rings is 2. The molecule has 0 fully saturated rings. The lowest BCUT2D eigenvalue weighted by Crippen LogP contribution is -2.45. The Kier molecular flexibility index (Phi) is 5.78. The van der Waals surface area contributed by atoms with Gasteiger partial charge in [-0.3, -0.25) is 4.79 Å². The fraction of sp³-hybridized carbons (Fsp3) is 0.333. The van der Waals surface area contributed by atoms with Gasteiger partial charge in [0.15, 0.2) is 0 Å². The van der Waals surface area contributed by atoms with Gasteiger partial charge in [0.1, 0.15) is 5.75 Å². The molecule has 0 aliphatic carbocycles. The zero-order valence-electron chi connectivity index (χ0n) is 18.0. The molecule has 1 heterocycles. The van der Waals surface area contributed by atoms with E-state index in [1.165, 1.54) is 16.8 Å². The Hall–Kier alpha value is -3.08. The lowest BCUT2D eigenvalue weighted by atomic mass is 9.87. The highest BCUT2D eigenvalue weighted by atomic mass is 16.5. The normalized spacial score (nSPS) is 15.1. The van der Waals surface area contributed by atoms with E-state index in [0.29, 0.717) is 11.3 Å². The van der Waals surface area contributed by atoms with Gasteiger partial charge in [0, 0.05) is 23.4 Å². The minimum Gasteiger partial charge on any atom is -0.497 e. The van der Waals surface area contributed by atoms with Crippen molar-refractivity contribution in [2.75, 3.05) is 18.6 Å². The van der Waals surface area contributed by atoms with Crippen molar-refractivity contribution in [1.29, 1.82) is 0 Å². The third-order valence-corrected chi connectivity index (χ3v) is 5.38. The van der Waals surface area contributed by atoms with Crippen molar-refractivity contribution in [3.63, 3.8) is 0 Å². The number of rotatable bonds is 5. The number of anilines is 1. The zero-order chi connectivity index (χ0) is 21.2. The molecule has 5 heteroatoms. The average Bonchev–Trinajstić information content (AvgIpc) is 2.68. The van der Waals surface area contributed by atoms with Crippen LogP contribution < -0.4 is 15.1 Å². The highest BCUT2D eigenvalue weighted by Gasteiger charge is 2.30. The molecule has 0 bridgehead atoms. The monoisotopic (exact) mass is 391 g/mol. The van der Waals surface area contributed by atoms with Crippen molar-refractivity contribution in [2.45, 2.75) is 40.2 Å². The number of likely N-dealkylation sites (N-methyl/N-ethyl adjacent to an activating group) is 1. The number of aryl methyl sites for hydroxylation is 1. The van der Waals surface area contributed by atoms with Crippen LogP contribution >= 0.6 is 0 Å². The van der Waals surface area contributed by atoms with Gasteiger partial charge in [0.2, 0.25) is 0 Å². The first kappa shape index (κ1) is 20.6. The number of hydrazone groups is 1. The van der Waals surface area contributed by atoms with Crippen LogP contribution in [-0.4, -0.2) is 31.3 Å². The van der Waals surface area contributed by atoms with Gasteiger partial charge >= 0.3 is 0 Å². The molecule has 0 atom stereocenters. The van der Waals surface area contributed by atoms with Crippen LogP contribution in [0.4, 0.5) is 5.69 Å². The van der Waals surface area contributed by atoms with Gasteiger partial charge in [0.25, 0.3) is 5.91 Å². The van der Waals surface area contributed by atoms with Crippen LogP contribution in [-0.2, 0) is 0 Å². The predicted octanol–water partition coefficient (Wildman–Crippen LogP) is 4.79. The van der Waals surface area contributed by atoms with Crippen LogP contribution in [0.2, 0.25) is 0 Å². The number of nitrogens with one attached hydrogen (secondary N) is 1. The van der Waals surface area contributed by atoms with Crippen molar-refractivity contribution < 1.29 is 9.53 Å². The highest BCUT2D eigenvalue weighted by Crippen LogP contribution is 2.39. The topological polar surface area (TPSA) is 53.9 Å². The number of carbonyl (C=O) groups excluding carboxylic acids is 1. The van der Waals surface area contributed by atoms with E-state index in [4.69, 9.17) is 4.74 Å². The van der Waals surface area contributed by atoms with Crippen LogP contribution in [0.3, 0.4) is 0 Å². The summed E-state index contributed by atoms with van der Waals surface area (Å²) in [4.78, 5) is 14.7. The molecule has 1 aliphatic heterocycles. The Morgan fingerprint density at radius 3 is 2.69 bits per heavy atom. The number of fused-ring (bicyclic) bond motifs is 1. The van der Waals surface area contributed by atoms with E-state index in [-0.39, 0.29) is 11.4 Å². The molecule has 0 spiro atoms. The Bertz CT molecular complexity index is 990. The molecular weight excluding hydrogens is 362 g/mol. The summed E-state index contributed by atoms with van der Waals surface area (Å²) >= 11 is 0. The second-order valence-corrected chi connectivity index (χ2v) is 7.88. The molecule has 0 radical (unpaired) electrons. The number of amides is 1. The molecule has 2 aromatic rings. The van der Waals surface area contributed by atoms with Gasteiger partial charge in [-0.15, -0.1) is 0 Å². The largest absolute Gasteiger partial charge is 0.497 e. The number of hydrogen-bond acceptors (Lipinski definition) is 4. The molecule has 152 valence electrons. The number of allylic oxidation sites excluding steroid dienone is 1. The fourth-order valence-corrected chi connectivity index (χ4v) is 3.95. The third kappa shape index (κ3) is 4.19. The van der Waals surface area contributed by atoms with Crippen LogP contribution in [0.1, 0.15) is 54.7 Å². The summed E-state index contributed by atoms with van der Waals surface area (Å²) in [6, 6.07) is 11.4. The summed E-state index contributed by atoms with van der Waals surface area (Å²) < 4.78 is 5.16. The summed E-state index contributed by atoms with van der Waals surface area (Å²) in [6.45, 7) is 11.8. The smallest absolute Gasteiger partial charge is 0.271 e. The average molecular weight is 392 g/mol. The molecule has 0 unspecified atom stereocenters. The molecule has 0 saturated heterocycles. The van der Waals surface area contributed by atoms with Crippen LogP contribution in [0.25, 0.3) is 5.57 Å². The second kappa shape index (κ2) is 8.11. The Labute approximate surface area is 173 Å². The summed E-state index contributed by atoms with van der Waals surface area (Å²) in [7, 11) is 1.57. The van der Waals surface area contributed by atoms with E-state index in [1.807, 2.05) is 0 Å². The number of methoxy groups -OCH3 is 1. The molecule has 0 saturated carbocycles. The van der Waals surface area contributed by atoms with Crippen LogP contribution in [0.15, 0.2) is 47.6 Å². The van der Waals surface area contributed by atoms with E-state index in [2.05, 4.69) is 68.3 Å². The Balaban J connectivity index is 1.84. The van der Waals surface area contributed by atoms with Crippen molar-refractivity contribution in [3.05, 3.63) is 64.7 Å². The first-order chi connectivity index (χ1) is 13.8. The molecule has 3 rings (SSSR count). The molecule has 1 aliphatic rings. The van der Waals surface area contributed by atoms with E-state index < -0.39 is 0 Å². The summed E-state index contributed by atoms with van der Waals surface area (Å²) in [5.41, 5.74) is 8.89. The van der Waals surface area contributed by atoms with Gasteiger partial charge in [-0.25, -0.2) is 5.43 Å². The predicted molar refractivity (Wildman–Crippen MR) is 120 cm³/mol. The SMILES string of the molecule is CCN1c2cc(C)c(/C=N/NC(=O)c3cccc(OC)c3)cc2C(C)=CC1(C)C. The maximum Gasteiger partial charge on any atom is 0.271 e. The van der Waals surface area contributed by atoms with E-state index in [0.717, 1.165) is 17.7 Å². The molecule has 5 nitrogen and oxygen atoms in total. The van der Waals surface area contributed by atoms with Gasteiger partial charge in [-0.2, -0.15) is 5.10 Å². The molecule has 0 aromatic heterocycles. The Morgan fingerprint density at radius 2 is 2.00 bits per heavy atom. The summed E-state index contributed by atoms with van der Waals surface area (Å²) in [5.74, 6) is 0.364. The van der Waals surface area contributed by atoms with Crippen molar-refractivity contribution in [2.24, 2.45) is 5.10 Å². The zero-order valence-corrected chi connectivity index (χ0v) is 18.0. The molecule has 1 N–H and O–H groups in total. The maximum absolute atomic E-state index is 12.3. The number of carbonyl (C=O) groups is 1. The summed E-state index contributed by atoms with van der Waals surface area (Å²) in [5, 5.41) is 4.18. The number of nitrogens with zero attached hydrogens (tertiary/aromatic N) is 2. The van der Waals surface area contributed by atoms with Gasteiger partial charge < -0.3 is 9.64 Å².